The van der Waals surface area contributed by atoms with Gasteiger partial charge >= 0.3 is 6.03 Å². The largest absolute Gasteiger partial charge is 0.335 e. The summed E-state index contributed by atoms with van der Waals surface area (Å²) in [5.74, 6) is 0.946. The summed E-state index contributed by atoms with van der Waals surface area (Å²) in [6, 6.07) is 7.67. The van der Waals surface area contributed by atoms with Gasteiger partial charge in [0, 0.05) is 6.04 Å². The summed E-state index contributed by atoms with van der Waals surface area (Å²) in [7, 11) is 0. The molecule has 0 radical (unpaired) electrons. The van der Waals surface area contributed by atoms with Gasteiger partial charge in [0.2, 0.25) is 5.91 Å². The number of nitrogens with one attached hydrogen (secondary N) is 2. The average molecular weight is 402 g/mol. The number of amides is 3. The van der Waals surface area contributed by atoms with Gasteiger partial charge < -0.3 is 5.32 Å². The summed E-state index contributed by atoms with van der Waals surface area (Å²) < 4.78 is 1.93. The van der Waals surface area contributed by atoms with Crippen molar-refractivity contribution in [3.8, 4) is 5.69 Å². The number of hydrogen-bond acceptors (Lipinski definition) is 5. The molecule has 0 saturated heterocycles. The lowest BCUT2D eigenvalue weighted by Crippen LogP contribution is -2.48. The van der Waals surface area contributed by atoms with Crippen LogP contribution in [0.3, 0.4) is 0 Å². The number of nitrogens with zero attached hydrogens (tertiary/aromatic N) is 3. The molecule has 3 rings (SSSR count). The maximum absolute atomic E-state index is 12.2. The molecule has 2 unspecified atom stereocenters. The van der Waals surface area contributed by atoms with Crippen molar-refractivity contribution in [3.05, 3.63) is 35.7 Å². The zero-order valence-corrected chi connectivity index (χ0v) is 17.4. The normalized spacial score (nSPS) is 19.2. The van der Waals surface area contributed by atoms with Crippen molar-refractivity contribution in [3.63, 3.8) is 0 Å². The molecule has 0 aliphatic heterocycles. The number of carbonyl (C=O) groups is 2. The summed E-state index contributed by atoms with van der Waals surface area (Å²) in [4.78, 5) is 24.4. The van der Waals surface area contributed by atoms with Gasteiger partial charge in [0.25, 0.3) is 0 Å². The standard InChI is InChI=1S/C20H27N5O2S/c1-13-8-4-6-10-16(13)21-19(27)22-18(26)12-28-20-24-23-15(3)25(20)17-11-7-5-9-14(17)2/h5,7,9,11,13,16H,4,6,8,10,12H2,1-3H3,(H2,21,22,26,27). The van der Waals surface area contributed by atoms with Gasteiger partial charge in [-0.2, -0.15) is 0 Å². The van der Waals surface area contributed by atoms with Crippen molar-refractivity contribution in [1.82, 2.24) is 25.4 Å². The molecule has 150 valence electrons. The Bertz CT molecular complexity index is 851. The summed E-state index contributed by atoms with van der Waals surface area (Å²) in [6.07, 6.45) is 4.41. The molecule has 1 fully saturated rings. The number of benzene rings is 1. The summed E-state index contributed by atoms with van der Waals surface area (Å²) in [6.45, 7) is 6.04. The summed E-state index contributed by atoms with van der Waals surface area (Å²) >= 11 is 1.27. The first-order valence-electron chi connectivity index (χ1n) is 9.67. The van der Waals surface area contributed by atoms with E-state index in [4.69, 9.17) is 0 Å². The molecule has 28 heavy (non-hydrogen) atoms. The minimum absolute atomic E-state index is 0.0949. The SMILES string of the molecule is Cc1ccccc1-n1c(C)nnc1SCC(=O)NC(=O)NC1CCCCC1C. The van der Waals surface area contributed by atoms with Crippen LogP contribution in [-0.4, -0.2) is 38.5 Å². The molecule has 1 aromatic heterocycles. The molecule has 1 saturated carbocycles. The molecule has 1 heterocycles. The van der Waals surface area contributed by atoms with E-state index in [0.29, 0.717) is 11.1 Å². The number of para-hydroxylation sites is 1. The van der Waals surface area contributed by atoms with E-state index in [0.717, 1.165) is 36.3 Å². The summed E-state index contributed by atoms with van der Waals surface area (Å²) in [5, 5.41) is 14.3. The predicted octanol–water partition coefficient (Wildman–Crippen LogP) is 3.38. The Morgan fingerprint density at radius 3 is 2.68 bits per heavy atom. The second-order valence-corrected chi connectivity index (χ2v) is 8.27. The van der Waals surface area contributed by atoms with Crippen LogP contribution in [-0.2, 0) is 4.79 Å². The number of rotatable bonds is 5. The van der Waals surface area contributed by atoms with Gasteiger partial charge in [-0.05, 0) is 44.2 Å². The fraction of sp³-hybridized carbons (Fsp3) is 0.500. The highest BCUT2D eigenvalue weighted by molar-refractivity contribution is 7.99. The van der Waals surface area contributed by atoms with Crippen LogP contribution in [0.1, 0.15) is 44.0 Å². The number of carbonyl (C=O) groups excluding carboxylic acids is 2. The van der Waals surface area contributed by atoms with Crippen molar-refractivity contribution in [2.75, 3.05) is 5.75 Å². The van der Waals surface area contributed by atoms with E-state index in [1.807, 2.05) is 42.7 Å². The highest BCUT2D eigenvalue weighted by Crippen LogP contribution is 2.24. The average Bonchev–Trinajstić information content (AvgIpc) is 3.03. The highest BCUT2D eigenvalue weighted by atomic mass is 32.2. The second kappa shape index (κ2) is 9.23. The molecular weight excluding hydrogens is 374 g/mol. The van der Waals surface area contributed by atoms with E-state index in [1.54, 1.807) is 0 Å². The number of aryl methyl sites for hydroxylation is 2. The lowest BCUT2D eigenvalue weighted by atomic mass is 9.86. The molecule has 0 spiro atoms. The lowest BCUT2D eigenvalue weighted by Gasteiger charge is -2.29. The molecule has 7 nitrogen and oxygen atoms in total. The van der Waals surface area contributed by atoms with E-state index < -0.39 is 6.03 Å². The van der Waals surface area contributed by atoms with Crippen LogP contribution in [0, 0.1) is 19.8 Å². The van der Waals surface area contributed by atoms with Gasteiger partial charge in [0.15, 0.2) is 5.16 Å². The Kier molecular flexibility index (Phi) is 6.72. The molecular formula is C20H27N5O2S. The van der Waals surface area contributed by atoms with Crippen LogP contribution < -0.4 is 10.6 Å². The number of thioether (sulfide) groups is 1. The van der Waals surface area contributed by atoms with Crippen LogP contribution in [0.2, 0.25) is 0 Å². The zero-order valence-electron chi connectivity index (χ0n) is 16.6. The Balaban J connectivity index is 1.57. The molecule has 1 aromatic carbocycles. The van der Waals surface area contributed by atoms with Crippen molar-refractivity contribution in [2.45, 2.75) is 57.7 Å². The maximum Gasteiger partial charge on any atom is 0.321 e. The molecule has 2 N–H and O–H groups in total. The third-order valence-electron chi connectivity index (χ3n) is 5.16. The van der Waals surface area contributed by atoms with Gasteiger partial charge in [0.05, 0.1) is 11.4 Å². The highest BCUT2D eigenvalue weighted by Gasteiger charge is 2.23. The number of imide groups is 1. The van der Waals surface area contributed by atoms with Gasteiger partial charge in [-0.3, -0.25) is 14.7 Å². The predicted molar refractivity (Wildman–Crippen MR) is 110 cm³/mol. The van der Waals surface area contributed by atoms with E-state index in [9.17, 15) is 9.59 Å². The van der Waals surface area contributed by atoms with Crippen LogP contribution >= 0.6 is 11.8 Å². The minimum Gasteiger partial charge on any atom is -0.335 e. The van der Waals surface area contributed by atoms with Crippen LogP contribution in [0.25, 0.3) is 5.69 Å². The first-order chi connectivity index (χ1) is 13.5. The first-order valence-corrected chi connectivity index (χ1v) is 10.7. The van der Waals surface area contributed by atoms with Crippen LogP contribution in [0.15, 0.2) is 29.4 Å². The van der Waals surface area contributed by atoms with Gasteiger partial charge in [-0.15, -0.1) is 10.2 Å². The quantitative estimate of drug-likeness (QED) is 0.750. The molecule has 2 atom stereocenters. The van der Waals surface area contributed by atoms with Crippen molar-refractivity contribution >= 4 is 23.7 Å². The molecule has 1 aliphatic carbocycles. The monoisotopic (exact) mass is 401 g/mol. The third kappa shape index (κ3) is 4.92. The van der Waals surface area contributed by atoms with Crippen LogP contribution in [0.5, 0.6) is 0 Å². The topological polar surface area (TPSA) is 88.9 Å². The number of urea groups is 1. The second-order valence-electron chi connectivity index (χ2n) is 7.33. The fourth-order valence-corrected chi connectivity index (χ4v) is 4.35. The third-order valence-corrected chi connectivity index (χ3v) is 6.09. The molecule has 0 bridgehead atoms. The van der Waals surface area contributed by atoms with E-state index in [-0.39, 0.29) is 17.7 Å². The summed E-state index contributed by atoms with van der Waals surface area (Å²) in [5.41, 5.74) is 2.08. The Morgan fingerprint density at radius 2 is 1.93 bits per heavy atom. The molecule has 3 amide bonds. The van der Waals surface area contributed by atoms with Crippen molar-refractivity contribution < 1.29 is 9.59 Å². The molecule has 1 aliphatic rings. The van der Waals surface area contributed by atoms with Crippen molar-refractivity contribution in [1.29, 1.82) is 0 Å². The first kappa shape index (κ1) is 20.4. The lowest BCUT2D eigenvalue weighted by molar-refractivity contribution is -0.117. The Labute approximate surface area is 169 Å². The van der Waals surface area contributed by atoms with Gasteiger partial charge in [-0.25, -0.2) is 4.79 Å². The Hall–Kier alpha value is -2.35. The smallest absolute Gasteiger partial charge is 0.321 e. The van der Waals surface area contributed by atoms with Gasteiger partial charge in [0.1, 0.15) is 5.82 Å². The molecule has 8 heteroatoms. The van der Waals surface area contributed by atoms with Crippen molar-refractivity contribution in [2.24, 2.45) is 5.92 Å². The van der Waals surface area contributed by atoms with E-state index in [2.05, 4.69) is 27.8 Å². The number of hydrogen-bond donors (Lipinski definition) is 2. The van der Waals surface area contributed by atoms with Crippen LogP contribution in [0.4, 0.5) is 4.79 Å². The minimum atomic E-state index is -0.416. The molecule has 2 aromatic rings. The van der Waals surface area contributed by atoms with E-state index in [1.165, 1.54) is 18.2 Å². The van der Waals surface area contributed by atoms with Gasteiger partial charge in [-0.1, -0.05) is 49.7 Å². The van der Waals surface area contributed by atoms with E-state index >= 15 is 0 Å². The fourth-order valence-electron chi connectivity index (χ4n) is 3.56. The maximum atomic E-state index is 12.2. The zero-order chi connectivity index (χ0) is 20.1. The Morgan fingerprint density at radius 1 is 1.18 bits per heavy atom. The number of aromatic nitrogens is 3.